The molecule has 1 unspecified atom stereocenters. The van der Waals surface area contributed by atoms with Crippen molar-refractivity contribution in [2.45, 2.75) is 49.4 Å². The summed E-state index contributed by atoms with van der Waals surface area (Å²) in [4.78, 5) is 37.9. The van der Waals surface area contributed by atoms with E-state index in [0.717, 1.165) is 0 Å². The van der Waals surface area contributed by atoms with E-state index >= 15 is 0 Å². The molecule has 0 aliphatic carbocycles. The Balaban J connectivity index is 1.28. The Bertz CT molecular complexity index is 1790. The number of nitrogens with zero attached hydrogens (tertiary/aromatic N) is 4. The van der Waals surface area contributed by atoms with Gasteiger partial charge in [-0.3, -0.25) is 19.4 Å². The van der Waals surface area contributed by atoms with Gasteiger partial charge in [0.15, 0.2) is 29.0 Å². The molecule has 238 valence electrons. The minimum Gasteiger partial charge on any atom is -0.497 e. The van der Waals surface area contributed by atoms with Crippen LogP contribution in [-0.4, -0.2) is 77.1 Å². The number of anilines is 3. The molecular formula is C28H32N8O8S. The topological polar surface area (TPSA) is 208 Å². The summed E-state index contributed by atoms with van der Waals surface area (Å²) in [6.07, 6.45) is 0.382. The number of likely N-dealkylation sites (N-methyl/N-ethyl adjacent to an activating group) is 1. The molecule has 3 amide bonds. The maximum atomic E-state index is 12.8. The molecule has 17 heteroatoms. The largest absolute Gasteiger partial charge is 0.497 e. The minimum absolute atomic E-state index is 0.00742. The number of fused-ring (bicyclic) bond motifs is 1. The molecule has 0 spiro atoms. The highest BCUT2D eigenvalue weighted by atomic mass is 32.2. The fourth-order valence-electron chi connectivity index (χ4n) is 4.68. The number of hydrogen-bond acceptors (Lipinski definition) is 11. The predicted molar refractivity (Wildman–Crippen MR) is 162 cm³/mol. The lowest BCUT2D eigenvalue weighted by Gasteiger charge is -2.27. The Morgan fingerprint density at radius 2 is 1.71 bits per heavy atom. The smallest absolute Gasteiger partial charge is 0.324 e. The average Bonchev–Trinajstić information content (AvgIpc) is 3.61. The molecule has 0 saturated carbocycles. The lowest BCUT2D eigenvalue weighted by Crippen LogP contribution is -2.34. The van der Waals surface area contributed by atoms with Crippen molar-refractivity contribution in [1.29, 1.82) is 0 Å². The molecule has 16 nitrogen and oxygen atoms in total. The van der Waals surface area contributed by atoms with Crippen molar-refractivity contribution >= 4 is 50.3 Å². The second kappa shape index (κ2) is 12.6. The van der Waals surface area contributed by atoms with Crippen molar-refractivity contribution in [3.8, 4) is 5.75 Å². The number of benzene rings is 2. The van der Waals surface area contributed by atoms with Gasteiger partial charge in [-0.05, 0) is 62.4 Å². The minimum atomic E-state index is -3.88. The number of ether oxygens (including phenoxy) is 3. The van der Waals surface area contributed by atoms with E-state index < -0.39 is 40.3 Å². The molecule has 1 fully saturated rings. The van der Waals surface area contributed by atoms with Gasteiger partial charge in [0.25, 0.3) is 10.0 Å². The van der Waals surface area contributed by atoms with E-state index in [1.807, 2.05) is 0 Å². The molecule has 1 aliphatic heterocycles. The number of rotatable bonds is 10. The van der Waals surface area contributed by atoms with Crippen LogP contribution in [0.3, 0.4) is 0 Å². The number of carbonyl (C=O) groups is 2. The number of urea groups is 1. The van der Waals surface area contributed by atoms with Gasteiger partial charge >= 0.3 is 6.03 Å². The molecule has 5 rings (SSSR count). The zero-order valence-corrected chi connectivity index (χ0v) is 25.5. The molecule has 45 heavy (non-hydrogen) atoms. The second-order valence-electron chi connectivity index (χ2n) is 10.5. The Kier molecular flexibility index (Phi) is 8.87. The van der Waals surface area contributed by atoms with Crippen LogP contribution < -0.4 is 25.4 Å². The number of sulfonamides is 1. The third-order valence-corrected chi connectivity index (χ3v) is 8.07. The Morgan fingerprint density at radius 3 is 2.36 bits per heavy atom. The van der Waals surface area contributed by atoms with Gasteiger partial charge in [0.05, 0.1) is 18.3 Å². The summed E-state index contributed by atoms with van der Waals surface area (Å²) in [5.74, 6) is -1.18. The van der Waals surface area contributed by atoms with Crippen LogP contribution in [0.25, 0.3) is 11.2 Å². The van der Waals surface area contributed by atoms with Crippen molar-refractivity contribution in [3.63, 3.8) is 0 Å². The van der Waals surface area contributed by atoms with Crippen LogP contribution in [0.1, 0.15) is 26.5 Å². The van der Waals surface area contributed by atoms with E-state index in [4.69, 9.17) is 14.2 Å². The van der Waals surface area contributed by atoms with Crippen molar-refractivity contribution in [2.24, 2.45) is 0 Å². The molecular weight excluding hydrogens is 608 g/mol. The first kappa shape index (κ1) is 31.6. The SMILES string of the molecule is CNC(=O)[C@@H]1CC(OC(C)(C)O)[C@H](n2cnc3c(NC(=O)Nc4ccc(S(=O)(=O)Nc5ccc(OC)cc5)cc4)ncnc32)O1. The molecule has 0 radical (unpaired) electrons. The first-order valence-corrected chi connectivity index (χ1v) is 15.1. The molecule has 3 atom stereocenters. The number of imidazole rings is 1. The lowest BCUT2D eigenvalue weighted by atomic mass is 10.1. The second-order valence-corrected chi connectivity index (χ2v) is 12.1. The molecule has 5 N–H and O–H groups in total. The highest BCUT2D eigenvalue weighted by Crippen LogP contribution is 2.35. The molecule has 2 aromatic carbocycles. The Hall–Kier alpha value is -4.84. The zero-order chi connectivity index (χ0) is 32.4. The van der Waals surface area contributed by atoms with Gasteiger partial charge in [-0.15, -0.1) is 0 Å². The van der Waals surface area contributed by atoms with Crippen molar-refractivity contribution in [2.75, 3.05) is 29.5 Å². The Morgan fingerprint density at radius 1 is 1.02 bits per heavy atom. The summed E-state index contributed by atoms with van der Waals surface area (Å²) in [5.41, 5.74) is 1.19. The van der Waals surface area contributed by atoms with Gasteiger partial charge in [-0.1, -0.05) is 0 Å². The third-order valence-electron chi connectivity index (χ3n) is 6.68. The summed E-state index contributed by atoms with van der Waals surface area (Å²) < 4.78 is 46.4. The van der Waals surface area contributed by atoms with Crippen molar-refractivity contribution < 1.29 is 37.3 Å². The average molecular weight is 641 g/mol. The standard InChI is InChI=1S/C28H32N8O8S/c1-28(2,39)44-21-13-20(25(37)29-3)43-26(21)36-15-32-22-23(30-14-31-24(22)36)34-27(38)33-16-7-11-19(12-8-16)45(40,41)35-17-5-9-18(42-4)10-6-17/h5-12,14-15,20-21,26,35,39H,13H2,1-4H3,(H,29,37)(H2,30,31,33,34,38)/t20-,21?,26+/m0/s1. The number of aliphatic hydroxyl groups is 1. The van der Waals surface area contributed by atoms with Crippen LogP contribution in [0, 0.1) is 0 Å². The normalized spacial score (nSPS) is 18.4. The molecule has 1 saturated heterocycles. The molecule has 3 heterocycles. The fraction of sp³-hybridized carbons (Fsp3) is 0.321. The van der Waals surface area contributed by atoms with Crippen LogP contribution in [0.5, 0.6) is 5.75 Å². The van der Waals surface area contributed by atoms with E-state index in [1.54, 1.807) is 28.8 Å². The van der Waals surface area contributed by atoms with E-state index in [0.29, 0.717) is 17.1 Å². The van der Waals surface area contributed by atoms with Gasteiger partial charge in [0, 0.05) is 24.8 Å². The van der Waals surface area contributed by atoms with Gasteiger partial charge in [-0.25, -0.2) is 28.2 Å². The number of nitrogens with one attached hydrogen (secondary N) is 4. The molecule has 0 bridgehead atoms. The summed E-state index contributed by atoms with van der Waals surface area (Å²) in [7, 11) is -0.876. The lowest BCUT2D eigenvalue weighted by molar-refractivity contribution is -0.222. The number of methoxy groups -OCH3 is 1. The predicted octanol–water partition coefficient (Wildman–Crippen LogP) is 2.43. The van der Waals surface area contributed by atoms with Gasteiger partial charge in [0.1, 0.15) is 24.3 Å². The number of carbonyl (C=O) groups excluding carboxylic acids is 2. The molecule has 1 aliphatic rings. The van der Waals surface area contributed by atoms with E-state index in [1.165, 1.54) is 64.9 Å². The van der Waals surface area contributed by atoms with Crippen LogP contribution >= 0.6 is 0 Å². The third kappa shape index (κ3) is 7.28. The maximum Gasteiger partial charge on any atom is 0.324 e. The summed E-state index contributed by atoms with van der Waals surface area (Å²) >= 11 is 0. The molecule has 4 aromatic rings. The summed E-state index contributed by atoms with van der Waals surface area (Å²) in [6.45, 7) is 2.94. The maximum absolute atomic E-state index is 12.8. The number of hydrogen-bond donors (Lipinski definition) is 5. The Labute approximate surface area is 258 Å². The van der Waals surface area contributed by atoms with Crippen LogP contribution in [0.4, 0.5) is 22.0 Å². The van der Waals surface area contributed by atoms with E-state index in [-0.39, 0.29) is 34.2 Å². The van der Waals surface area contributed by atoms with E-state index in [9.17, 15) is 23.1 Å². The highest BCUT2D eigenvalue weighted by Gasteiger charge is 2.43. The van der Waals surface area contributed by atoms with Gasteiger partial charge in [-0.2, -0.15) is 0 Å². The first-order valence-electron chi connectivity index (χ1n) is 13.7. The number of aromatic nitrogens is 4. The van der Waals surface area contributed by atoms with E-state index in [2.05, 4.69) is 35.6 Å². The van der Waals surface area contributed by atoms with Gasteiger partial charge in [0.2, 0.25) is 5.91 Å². The summed E-state index contributed by atoms with van der Waals surface area (Å²) in [6, 6.07) is 11.3. The molecule has 2 aromatic heterocycles. The van der Waals surface area contributed by atoms with Crippen LogP contribution in [-0.2, 0) is 24.3 Å². The first-order chi connectivity index (χ1) is 21.4. The quantitative estimate of drug-likeness (QED) is 0.159. The fourth-order valence-corrected chi connectivity index (χ4v) is 5.74. The van der Waals surface area contributed by atoms with Crippen LogP contribution in [0.2, 0.25) is 0 Å². The zero-order valence-electron chi connectivity index (χ0n) is 24.7. The van der Waals surface area contributed by atoms with Crippen molar-refractivity contribution in [3.05, 3.63) is 61.2 Å². The monoisotopic (exact) mass is 640 g/mol. The highest BCUT2D eigenvalue weighted by molar-refractivity contribution is 7.92. The van der Waals surface area contributed by atoms with Crippen molar-refractivity contribution in [1.82, 2.24) is 24.8 Å². The number of amides is 3. The summed E-state index contributed by atoms with van der Waals surface area (Å²) in [5, 5.41) is 18.0. The van der Waals surface area contributed by atoms with Gasteiger partial charge < -0.3 is 30.0 Å². The van der Waals surface area contributed by atoms with Crippen LogP contribution in [0.15, 0.2) is 66.1 Å².